The summed E-state index contributed by atoms with van der Waals surface area (Å²) in [6.45, 7) is 1.06. The van der Waals surface area contributed by atoms with Gasteiger partial charge in [-0.25, -0.2) is 0 Å². The van der Waals surface area contributed by atoms with Crippen LogP contribution in [0.3, 0.4) is 0 Å². The first-order chi connectivity index (χ1) is 8.27. The minimum atomic E-state index is -0.178. The summed E-state index contributed by atoms with van der Waals surface area (Å²) in [6.07, 6.45) is 3.33. The van der Waals surface area contributed by atoms with Gasteiger partial charge in [0, 0.05) is 18.4 Å². The van der Waals surface area contributed by atoms with Gasteiger partial charge in [-0.2, -0.15) is 0 Å². The van der Waals surface area contributed by atoms with E-state index in [1.165, 1.54) is 0 Å². The normalized spacial score (nSPS) is 10.1. The third-order valence-electron chi connectivity index (χ3n) is 2.30. The second-order valence-corrected chi connectivity index (χ2v) is 3.51. The van der Waals surface area contributed by atoms with Crippen molar-refractivity contribution in [3.63, 3.8) is 0 Å². The number of nitrogens with zero attached hydrogens (tertiary/aromatic N) is 3. The molecule has 6 nitrogen and oxygen atoms in total. The summed E-state index contributed by atoms with van der Waals surface area (Å²) in [4.78, 5) is 11.8. The number of anilines is 1. The van der Waals surface area contributed by atoms with E-state index in [4.69, 9.17) is 5.73 Å². The van der Waals surface area contributed by atoms with Crippen molar-refractivity contribution in [1.29, 1.82) is 0 Å². The first-order valence-corrected chi connectivity index (χ1v) is 5.24. The number of rotatable bonds is 4. The number of aromatic nitrogens is 3. The van der Waals surface area contributed by atoms with Crippen molar-refractivity contribution in [2.24, 2.45) is 0 Å². The summed E-state index contributed by atoms with van der Waals surface area (Å²) < 4.78 is 1.65. The third-order valence-corrected chi connectivity index (χ3v) is 2.30. The van der Waals surface area contributed by atoms with Gasteiger partial charge in [-0.3, -0.25) is 9.48 Å². The van der Waals surface area contributed by atoms with Crippen molar-refractivity contribution in [1.82, 2.24) is 20.3 Å². The Kier molecular flexibility index (Phi) is 3.34. The fraction of sp³-hybridized carbons (Fsp3) is 0.182. The number of nitrogen functional groups attached to an aromatic ring is 1. The fourth-order valence-corrected chi connectivity index (χ4v) is 1.43. The molecule has 6 heteroatoms. The van der Waals surface area contributed by atoms with Crippen LogP contribution in [-0.2, 0) is 6.54 Å². The van der Waals surface area contributed by atoms with E-state index in [-0.39, 0.29) is 5.91 Å². The molecule has 0 unspecified atom stereocenters. The van der Waals surface area contributed by atoms with Crippen LogP contribution in [0, 0.1) is 0 Å². The van der Waals surface area contributed by atoms with Crippen LogP contribution in [0.4, 0.5) is 5.69 Å². The number of nitrogens with one attached hydrogen (secondary N) is 1. The molecule has 0 aliphatic rings. The Balaban J connectivity index is 1.88. The van der Waals surface area contributed by atoms with Crippen LogP contribution in [0.25, 0.3) is 0 Å². The molecule has 1 aromatic heterocycles. The van der Waals surface area contributed by atoms with Gasteiger partial charge in [0.2, 0.25) is 0 Å². The second kappa shape index (κ2) is 5.11. The molecule has 1 heterocycles. The Morgan fingerprint density at radius 2 is 2.24 bits per heavy atom. The highest BCUT2D eigenvalue weighted by Crippen LogP contribution is 2.09. The number of hydrogen-bond acceptors (Lipinski definition) is 4. The van der Waals surface area contributed by atoms with E-state index < -0.39 is 0 Å². The standard InChI is InChI=1S/C11H13N5O/c12-10-4-2-1-3-9(10)11(17)13-5-7-16-8-6-14-15-16/h1-4,6,8H,5,7,12H2,(H,13,17). The average Bonchev–Trinajstić information content (AvgIpc) is 2.82. The zero-order chi connectivity index (χ0) is 12.1. The van der Waals surface area contributed by atoms with Crippen molar-refractivity contribution >= 4 is 11.6 Å². The summed E-state index contributed by atoms with van der Waals surface area (Å²) in [5.41, 5.74) is 6.67. The molecule has 3 N–H and O–H groups in total. The number of nitrogens with two attached hydrogens (primary N) is 1. The summed E-state index contributed by atoms with van der Waals surface area (Å²) >= 11 is 0. The molecule has 1 aromatic carbocycles. The highest BCUT2D eigenvalue weighted by atomic mass is 16.1. The summed E-state index contributed by atoms with van der Waals surface area (Å²) in [7, 11) is 0. The van der Waals surface area contributed by atoms with Gasteiger partial charge >= 0.3 is 0 Å². The molecule has 0 spiro atoms. The van der Waals surface area contributed by atoms with Gasteiger partial charge in [0.05, 0.1) is 18.3 Å². The number of carbonyl (C=O) groups is 1. The molecule has 1 amide bonds. The molecule has 0 atom stereocenters. The highest BCUT2D eigenvalue weighted by Gasteiger charge is 2.07. The monoisotopic (exact) mass is 231 g/mol. The maximum Gasteiger partial charge on any atom is 0.253 e. The Morgan fingerprint density at radius 3 is 2.94 bits per heavy atom. The summed E-state index contributed by atoms with van der Waals surface area (Å²) in [5, 5.41) is 10.2. The van der Waals surface area contributed by atoms with E-state index in [2.05, 4.69) is 15.6 Å². The van der Waals surface area contributed by atoms with Gasteiger partial charge in [0.15, 0.2) is 0 Å². The number of benzene rings is 1. The van der Waals surface area contributed by atoms with Crippen molar-refractivity contribution in [3.8, 4) is 0 Å². The average molecular weight is 231 g/mol. The zero-order valence-corrected chi connectivity index (χ0v) is 9.21. The Bertz CT molecular complexity index is 494. The summed E-state index contributed by atoms with van der Waals surface area (Å²) in [6, 6.07) is 6.97. The molecule has 0 saturated carbocycles. The molecule has 0 aliphatic carbocycles. The topological polar surface area (TPSA) is 85.8 Å². The number of hydrogen-bond donors (Lipinski definition) is 2. The summed E-state index contributed by atoms with van der Waals surface area (Å²) in [5.74, 6) is -0.178. The van der Waals surface area contributed by atoms with Crippen LogP contribution < -0.4 is 11.1 Å². The molecule has 0 aliphatic heterocycles. The zero-order valence-electron chi connectivity index (χ0n) is 9.21. The van der Waals surface area contributed by atoms with E-state index in [1.807, 2.05) is 0 Å². The van der Waals surface area contributed by atoms with Crippen LogP contribution in [0.1, 0.15) is 10.4 Å². The molecule has 2 aromatic rings. The van der Waals surface area contributed by atoms with Gasteiger partial charge in [-0.1, -0.05) is 17.3 Å². The van der Waals surface area contributed by atoms with E-state index in [0.717, 1.165) is 0 Å². The molecule has 17 heavy (non-hydrogen) atoms. The maximum absolute atomic E-state index is 11.8. The van der Waals surface area contributed by atoms with Gasteiger partial charge < -0.3 is 11.1 Å². The predicted molar refractivity (Wildman–Crippen MR) is 63.2 cm³/mol. The molecule has 0 saturated heterocycles. The Hall–Kier alpha value is -2.37. The first-order valence-electron chi connectivity index (χ1n) is 5.24. The largest absolute Gasteiger partial charge is 0.398 e. The SMILES string of the molecule is Nc1ccccc1C(=O)NCCn1ccnn1. The van der Waals surface area contributed by atoms with Crippen LogP contribution in [0.15, 0.2) is 36.7 Å². The molecule has 0 fully saturated rings. The predicted octanol–water partition coefficient (Wildman–Crippen LogP) is 0.290. The lowest BCUT2D eigenvalue weighted by molar-refractivity contribution is 0.0953. The molecule has 0 bridgehead atoms. The van der Waals surface area contributed by atoms with Gasteiger partial charge in [-0.05, 0) is 12.1 Å². The molecule has 0 radical (unpaired) electrons. The van der Waals surface area contributed by atoms with E-state index >= 15 is 0 Å². The van der Waals surface area contributed by atoms with Crippen molar-refractivity contribution in [2.45, 2.75) is 6.54 Å². The quantitative estimate of drug-likeness (QED) is 0.740. The number of para-hydroxylation sites is 1. The van der Waals surface area contributed by atoms with Crippen LogP contribution in [0.5, 0.6) is 0 Å². The van der Waals surface area contributed by atoms with Gasteiger partial charge in [-0.15, -0.1) is 5.10 Å². The molecular formula is C11H13N5O. The second-order valence-electron chi connectivity index (χ2n) is 3.51. The Labute approximate surface area is 98.4 Å². The van der Waals surface area contributed by atoms with Crippen molar-refractivity contribution in [2.75, 3.05) is 12.3 Å². The van der Waals surface area contributed by atoms with E-state index in [1.54, 1.807) is 41.3 Å². The Morgan fingerprint density at radius 1 is 1.41 bits per heavy atom. The van der Waals surface area contributed by atoms with E-state index in [9.17, 15) is 4.79 Å². The maximum atomic E-state index is 11.8. The third kappa shape index (κ3) is 2.81. The molecular weight excluding hydrogens is 218 g/mol. The van der Waals surface area contributed by atoms with Gasteiger partial charge in [0.1, 0.15) is 0 Å². The highest BCUT2D eigenvalue weighted by molar-refractivity contribution is 5.98. The minimum Gasteiger partial charge on any atom is -0.398 e. The van der Waals surface area contributed by atoms with Crippen LogP contribution in [-0.4, -0.2) is 27.4 Å². The number of carbonyl (C=O) groups excluding carboxylic acids is 1. The smallest absolute Gasteiger partial charge is 0.253 e. The molecule has 2 rings (SSSR count). The van der Waals surface area contributed by atoms with Crippen LogP contribution >= 0.6 is 0 Å². The molecule has 88 valence electrons. The lowest BCUT2D eigenvalue weighted by Crippen LogP contribution is -2.28. The van der Waals surface area contributed by atoms with Gasteiger partial charge in [0.25, 0.3) is 5.91 Å². The lowest BCUT2D eigenvalue weighted by atomic mass is 10.2. The lowest BCUT2D eigenvalue weighted by Gasteiger charge is -2.06. The fourth-order valence-electron chi connectivity index (χ4n) is 1.43. The first kappa shape index (κ1) is 11.1. The minimum absolute atomic E-state index is 0.178. The van der Waals surface area contributed by atoms with E-state index in [0.29, 0.717) is 24.3 Å². The van der Waals surface area contributed by atoms with Crippen molar-refractivity contribution < 1.29 is 4.79 Å². The van der Waals surface area contributed by atoms with Crippen molar-refractivity contribution in [3.05, 3.63) is 42.2 Å². The number of amides is 1. The van der Waals surface area contributed by atoms with Crippen LogP contribution in [0.2, 0.25) is 0 Å².